The Labute approximate surface area is 205 Å². The van der Waals surface area contributed by atoms with Gasteiger partial charge in [-0.2, -0.15) is 5.10 Å². The van der Waals surface area contributed by atoms with Crippen molar-refractivity contribution in [3.8, 4) is 33.8 Å². The third kappa shape index (κ3) is 3.58. The van der Waals surface area contributed by atoms with Gasteiger partial charge in [-0.05, 0) is 42.7 Å². The molecule has 1 fully saturated rings. The maximum Gasteiger partial charge on any atom is 0.227 e. The van der Waals surface area contributed by atoms with E-state index in [1.807, 2.05) is 30.3 Å². The molecule has 9 nitrogen and oxygen atoms in total. The molecule has 9 heteroatoms. The first kappa shape index (κ1) is 20.5. The summed E-state index contributed by atoms with van der Waals surface area (Å²) in [5.41, 5.74) is 7.66. The smallest absolute Gasteiger partial charge is 0.227 e. The molecule has 7 rings (SSSR count). The first-order valence-corrected chi connectivity index (χ1v) is 11.7. The second kappa shape index (κ2) is 8.09. The van der Waals surface area contributed by atoms with Gasteiger partial charge in [0.25, 0.3) is 0 Å². The van der Waals surface area contributed by atoms with Gasteiger partial charge in [-0.15, -0.1) is 0 Å². The van der Waals surface area contributed by atoms with E-state index in [2.05, 4.69) is 41.5 Å². The predicted molar refractivity (Wildman–Crippen MR) is 137 cm³/mol. The molecule has 0 spiro atoms. The van der Waals surface area contributed by atoms with Gasteiger partial charge in [0.1, 0.15) is 11.2 Å². The average Bonchev–Trinajstić information content (AvgIpc) is 3.55. The molecule has 1 aliphatic rings. The second-order valence-electron chi connectivity index (χ2n) is 8.97. The maximum absolute atomic E-state index is 12.2. The maximum atomic E-state index is 12.2. The van der Waals surface area contributed by atoms with E-state index in [9.17, 15) is 4.79 Å². The lowest BCUT2D eigenvalue weighted by molar-refractivity contribution is -0.117. The Morgan fingerprint density at radius 2 is 1.78 bits per heavy atom. The molecule has 0 atom stereocenters. The number of rotatable bonds is 5. The van der Waals surface area contributed by atoms with Gasteiger partial charge in [-0.25, -0.2) is 4.98 Å². The highest BCUT2D eigenvalue weighted by molar-refractivity contribution is 5.98. The van der Waals surface area contributed by atoms with Gasteiger partial charge in [0.2, 0.25) is 5.91 Å². The Hall–Kier alpha value is -4.92. The van der Waals surface area contributed by atoms with Crippen LogP contribution in [0.3, 0.4) is 0 Å². The number of hydrogen-bond acceptors (Lipinski definition) is 6. The van der Waals surface area contributed by atoms with Crippen molar-refractivity contribution in [1.29, 1.82) is 0 Å². The number of carbonyl (C=O) groups excluding carboxylic acids is 1. The molecule has 0 saturated heterocycles. The van der Waals surface area contributed by atoms with Crippen LogP contribution in [0, 0.1) is 5.92 Å². The van der Waals surface area contributed by atoms with Gasteiger partial charge in [0.15, 0.2) is 5.82 Å². The zero-order valence-electron chi connectivity index (χ0n) is 19.1. The average molecular weight is 473 g/mol. The van der Waals surface area contributed by atoms with Crippen molar-refractivity contribution in [2.24, 2.45) is 5.92 Å². The molecule has 0 aliphatic heterocycles. The Balaban J connectivity index is 1.28. The Morgan fingerprint density at radius 1 is 0.889 bits per heavy atom. The molecule has 1 aliphatic carbocycles. The number of anilines is 1. The zero-order chi connectivity index (χ0) is 24.1. The highest BCUT2D eigenvalue weighted by atomic mass is 16.2. The lowest BCUT2D eigenvalue weighted by atomic mass is 10.0. The summed E-state index contributed by atoms with van der Waals surface area (Å²) in [6.45, 7) is 0. The summed E-state index contributed by atoms with van der Waals surface area (Å²) >= 11 is 0. The number of aromatic nitrogens is 7. The molecular formula is C27H20N8O. The fourth-order valence-corrected chi connectivity index (χ4v) is 4.41. The van der Waals surface area contributed by atoms with Gasteiger partial charge in [0.05, 0.1) is 29.1 Å². The molecule has 3 N–H and O–H groups in total. The molecule has 1 aromatic carbocycles. The van der Waals surface area contributed by atoms with E-state index in [4.69, 9.17) is 4.98 Å². The molecule has 5 aromatic heterocycles. The van der Waals surface area contributed by atoms with Crippen molar-refractivity contribution >= 4 is 33.5 Å². The van der Waals surface area contributed by atoms with Crippen LogP contribution in [0.4, 0.5) is 5.69 Å². The predicted octanol–water partition coefficient (Wildman–Crippen LogP) is 4.97. The van der Waals surface area contributed by atoms with Crippen LogP contribution in [0.1, 0.15) is 12.8 Å². The number of hydrogen-bond donors (Lipinski definition) is 3. The SMILES string of the molecule is O=C(Nc1cncc(-c2ccc3[nH]nc(-c4nc5c(-c6cccnc6)cncc5[nH]4)c3c2)c1)C1CC1. The van der Waals surface area contributed by atoms with E-state index >= 15 is 0 Å². The lowest BCUT2D eigenvalue weighted by Gasteiger charge is -2.07. The van der Waals surface area contributed by atoms with E-state index in [1.165, 1.54) is 0 Å². The largest absolute Gasteiger partial charge is 0.335 e. The summed E-state index contributed by atoms with van der Waals surface area (Å²) in [5, 5.41) is 11.6. The first-order valence-electron chi connectivity index (χ1n) is 11.7. The van der Waals surface area contributed by atoms with Crippen LogP contribution < -0.4 is 5.32 Å². The van der Waals surface area contributed by atoms with Crippen LogP contribution in [-0.2, 0) is 4.79 Å². The number of amides is 1. The first-order chi connectivity index (χ1) is 17.7. The number of benzene rings is 1. The number of imidazole rings is 1. The molecule has 1 amide bonds. The third-order valence-corrected chi connectivity index (χ3v) is 6.44. The molecule has 0 radical (unpaired) electrons. The summed E-state index contributed by atoms with van der Waals surface area (Å²) in [6.07, 6.45) is 12.5. The van der Waals surface area contributed by atoms with Crippen LogP contribution in [0.2, 0.25) is 0 Å². The second-order valence-corrected chi connectivity index (χ2v) is 8.97. The van der Waals surface area contributed by atoms with E-state index < -0.39 is 0 Å². The minimum absolute atomic E-state index is 0.0616. The monoisotopic (exact) mass is 472 g/mol. The number of nitrogens with zero attached hydrogens (tertiary/aromatic N) is 5. The van der Waals surface area contributed by atoms with Gasteiger partial charge >= 0.3 is 0 Å². The lowest BCUT2D eigenvalue weighted by Crippen LogP contribution is -2.13. The van der Waals surface area contributed by atoms with E-state index in [0.29, 0.717) is 17.2 Å². The molecule has 5 heterocycles. The summed E-state index contributed by atoms with van der Waals surface area (Å²) in [7, 11) is 0. The van der Waals surface area contributed by atoms with Crippen molar-refractivity contribution in [2.45, 2.75) is 12.8 Å². The number of aromatic amines is 2. The molecule has 1 saturated carbocycles. The van der Waals surface area contributed by atoms with E-state index in [1.54, 1.807) is 37.2 Å². The molecule has 36 heavy (non-hydrogen) atoms. The Kier molecular flexibility index (Phi) is 4.60. The van der Waals surface area contributed by atoms with Gasteiger partial charge in [-0.1, -0.05) is 12.1 Å². The van der Waals surface area contributed by atoms with E-state index in [-0.39, 0.29) is 11.8 Å². The molecular weight excluding hydrogens is 452 g/mol. The van der Waals surface area contributed by atoms with Crippen LogP contribution in [0.15, 0.2) is 73.6 Å². The van der Waals surface area contributed by atoms with Crippen molar-refractivity contribution in [3.05, 3.63) is 73.6 Å². The van der Waals surface area contributed by atoms with Gasteiger partial charge < -0.3 is 10.3 Å². The minimum atomic E-state index is 0.0616. The molecule has 0 bridgehead atoms. The van der Waals surface area contributed by atoms with Gasteiger partial charge in [-0.3, -0.25) is 24.8 Å². The summed E-state index contributed by atoms with van der Waals surface area (Å²) in [6, 6.07) is 11.9. The van der Waals surface area contributed by atoms with Crippen LogP contribution in [0.5, 0.6) is 0 Å². The van der Waals surface area contributed by atoms with E-state index in [0.717, 1.165) is 57.0 Å². The van der Waals surface area contributed by atoms with Crippen LogP contribution >= 0.6 is 0 Å². The van der Waals surface area contributed by atoms with Gasteiger partial charge in [0, 0.05) is 52.8 Å². The van der Waals surface area contributed by atoms with Crippen LogP contribution in [-0.4, -0.2) is 41.0 Å². The summed E-state index contributed by atoms with van der Waals surface area (Å²) in [4.78, 5) is 33.4. The van der Waals surface area contributed by atoms with Crippen molar-refractivity contribution < 1.29 is 4.79 Å². The Morgan fingerprint density at radius 3 is 2.64 bits per heavy atom. The highest BCUT2D eigenvalue weighted by Gasteiger charge is 2.29. The number of pyridine rings is 3. The number of fused-ring (bicyclic) bond motifs is 2. The van der Waals surface area contributed by atoms with Crippen molar-refractivity contribution in [2.75, 3.05) is 5.32 Å². The highest BCUT2D eigenvalue weighted by Crippen LogP contribution is 2.33. The number of nitrogens with one attached hydrogen (secondary N) is 3. The van der Waals surface area contributed by atoms with Crippen LogP contribution in [0.25, 0.3) is 55.7 Å². The fraction of sp³-hybridized carbons (Fsp3) is 0.111. The molecule has 174 valence electrons. The molecule has 6 aromatic rings. The fourth-order valence-electron chi connectivity index (χ4n) is 4.41. The third-order valence-electron chi connectivity index (χ3n) is 6.44. The van der Waals surface area contributed by atoms with Crippen molar-refractivity contribution in [1.82, 2.24) is 35.1 Å². The normalized spacial score (nSPS) is 13.3. The molecule has 0 unspecified atom stereocenters. The standard InChI is InChI=1S/C27H20N8O/c36-27(15-3-4-15)31-19-8-18(11-29-12-19)16-5-6-22-20(9-16)25(35-34-22)26-32-23-14-30-13-21(24(23)33-26)17-2-1-7-28-10-17/h1-2,5-15H,3-4H2,(H,31,36)(H,32,33)(H,34,35). The Bertz CT molecular complexity index is 1750. The minimum Gasteiger partial charge on any atom is -0.335 e. The number of carbonyl (C=O) groups is 1. The number of H-pyrrole nitrogens is 2. The quantitative estimate of drug-likeness (QED) is 0.325. The summed E-state index contributed by atoms with van der Waals surface area (Å²) < 4.78 is 0. The summed E-state index contributed by atoms with van der Waals surface area (Å²) in [5.74, 6) is 0.845. The van der Waals surface area contributed by atoms with Crippen molar-refractivity contribution in [3.63, 3.8) is 0 Å². The topological polar surface area (TPSA) is 125 Å². The zero-order valence-corrected chi connectivity index (χ0v) is 19.1.